The van der Waals surface area contributed by atoms with Gasteiger partial charge in [-0.1, -0.05) is 73.7 Å². The number of fused-ring (bicyclic) bond motifs is 1. The Bertz CT molecular complexity index is 1220. The monoisotopic (exact) mass is 453 g/mol. The first-order chi connectivity index (χ1) is 16.5. The van der Waals surface area contributed by atoms with Crippen LogP contribution in [0.1, 0.15) is 36.5 Å². The summed E-state index contributed by atoms with van der Waals surface area (Å²) < 4.78 is 5.86. The number of anilines is 1. The van der Waals surface area contributed by atoms with Crippen molar-refractivity contribution in [1.29, 1.82) is 0 Å². The van der Waals surface area contributed by atoms with Crippen molar-refractivity contribution in [3.63, 3.8) is 0 Å². The van der Waals surface area contributed by atoms with Crippen molar-refractivity contribution >= 4 is 23.3 Å². The van der Waals surface area contributed by atoms with Crippen molar-refractivity contribution in [3.8, 4) is 16.9 Å². The van der Waals surface area contributed by atoms with Crippen LogP contribution in [0.3, 0.4) is 0 Å². The number of carbonyl (C=O) groups is 3. The number of carbonyl (C=O) groups excluding carboxylic acids is 3. The lowest BCUT2D eigenvalue weighted by Crippen LogP contribution is -2.31. The molecule has 5 nitrogen and oxygen atoms in total. The van der Waals surface area contributed by atoms with E-state index in [-0.39, 0.29) is 36.0 Å². The van der Waals surface area contributed by atoms with Gasteiger partial charge in [0.05, 0.1) is 17.5 Å². The van der Waals surface area contributed by atoms with Crippen molar-refractivity contribution < 1.29 is 19.1 Å². The van der Waals surface area contributed by atoms with Crippen molar-refractivity contribution in [2.45, 2.75) is 26.2 Å². The highest BCUT2D eigenvalue weighted by Crippen LogP contribution is 2.44. The first-order valence-corrected chi connectivity index (χ1v) is 11.8. The highest BCUT2D eigenvalue weighted by atomic mass is 16.5. The number of hydrogen-bond donors (Lipinski definition) is 0. The SMILES string of the molecule is C[C@@H]1CC[C@H]2C(=O)N(c3ccccc3OCC(=O)c3ccc(-c4ccccc4)cc3)C(=O)[C@@H]2C1. The number of Topliss-reactive ketones (excluding diaryl/α,β-unsaturated/α-hetero) is 1. The number of rotatable bonds is 6. The number of ether oxygens (including phenoxy) is 1. The second-order valence-electron chi connectivity index (χ2n) is 9.27. The quantitative estimate of drug-likeness (QED) is 0.363. The number of ketones is 1. The van der Waals surface area contributed by atoms with Crippen molar-refractivity contribution in [3.05, 3.63) is 84.4 Å². The number of para-hydroxylation sites is 2. The van der Waals surface area contributed by atoms with Crippen molar-refractivity contribution in [2.24, 2.45) is 17.8 Å². The van der Waals surface area contributed by atoms with Crippen LogP contribution in [0.4, 0.5) is 5.69 Å². The van der Waals surface area contributed by atoms with Crippen molar-refractivity contribution in [1.82, 2.24) is 0 Å². The lowest BCUT2D eigenvalue weighted by molar-refractivity contribution is -0.122. The minimum atomic E-state index is -0.255. The number of benzene rings is 3. The minimum Gasteiger partial charge on any atom is -0.483 e. The Balaban J connectivity index is 1.30. The molecule has 0 unspecified atom stereocenters. The molecule has 0 radical (unpaired) electrons. The molecule has 5 rings (SSSR count). The molecule has 2 amide bonds. The van der Waals surface area contributed by atoms with Gasteiger partial charge in [0.1, 0.15) is 5.75 Å². The average Bonchev–Trinajstić information content (AvgIpc) is 3.12. The molecule has 34 heavy (non-hydrogen) atoms. The Hall–Kier alpha value is -3.73. The third-order valence-electron chi connectivity index (χ3n) is 6.97. The van der Waals surface area contributed by atoms with Crippen LogP contribution in [0.15, 0.2) is 78.9 Å². The van der Waals surface area contributed by atoms with Crippen molar-refractivity contribution in [2.75, 3.05) is 11.5 Å². The zero-order chi connectivity index (χ0) is 23.7. The maximum atomic E-state index is 13.1. The summed E-state index contributed by atoms with van der Waals surface area (Å²) in [5, 5.41) is 0. The zero-order valence-electron chi connectivity index (χ0n) is 19.1. The third kappa shape index (κ3) is 4.14. The molecule has 1 aliphatic carbocycles. The summed E-state index contributed by atoms with van der Waals surface area (Å²) in [7, 11) is 0. The van der Waals surface area contributed by atoms with Gasteiger partial charge in [0, 0.05) is 5.56 Å². The van der Waals surface area contributed by atoms with Gasteiger partial charge < -0.3 is 4.74 Å². The van der Waals surface area contributed by atoms with Gasteiger partial charge >= 0.3 is 0 Å². The van der Waals surface area contributed by atoms with E-state index in [1.165, 1.54) is 4.90 Å². The Morgan fingerprint density at radius 2 is 1.47 bits per heavy atom. The molecular formula is C29H27NO4. The summed E-state index contributed by atoms with van der Waals surface area (Å²) in [5.74, 6) is -0.173. The van der Waals surface area contributed by atoms with E-state index in [0.29, 0.717) is 22.9 Å². The number of imide groups is 1. The van der Waals surface area contributed by atoms with E-state index >= 15 is 0 Å². The van der Waals surface area contributed by atoms with Crippen LogP contribution in [0.5, 0.6) is 5.75 Å². The first-order valence-electron chi connectivity index (χ1n) is 11.8. The highest BCUT2D eigenvalue weighted by molar-refractivity contribution is 6.22. The van der Waals surface area contributed by atoms with Crippen LogP contribution in [-0.2, 0) is 9.59 Å². The van der Waals surface area contributed by atoms with Gasteiger partial charge in [0.2, 0.25) is 11.8 Å². The Labute approximate surface area is 199 Å². The first kappa shape index (κ1) is 22.1. The molecule has 172 valence electrons. The molecule has 3 atom stereocenters. The second kappa shape index (κ2) is 9.26. The summed E-state index contributed by atoms with van der Waals surface area (Å²) >= 11 is 0. The Morgan fingerprint density at radius 1 is 0.824 bits per heavy atom. The van der Waals surface area contributed by atoms with E-state index in [4.69, 9.17) is 4.74 Å². The molecule has 1 aliphatic heterocycles. The van der Waals surface area contributed by atoms with Crippen LogP contribution in [0.2, 0.25) is 0 Å². The molecule has 0 aromatic heterocycles. The van der Waals surface area contributed by atoms with Crippen LogP contribution < -0.4 is 9.64 Å². The lowest BCUT2D eigenvalue weighted by Gasteiger charge is -2.25. The van der Waals surface area contributed by atoms with Crippen LogP contribution >= 0.6 is 0 Å². The van der Waals surface area contributed by atoms with E-state index in [2.05, 4.69) is 6.92 Å². The molecule has 1 saturated heterocycles. The maximum Gasteiger partial charge on any atom is 0.237 e. The molecule has 0 spiro atoms. The summed E-state index contributed by atoms with van der Waals surface area (Å²) in [4.78, 5) is 40.3. The molecule has 0 bridgehead atoms. The van der Waals surface area contributed by atoms with Crippen LogP contribution in [-0.4, -0.2) is 24.2 Å². The topological polar surface area (TPSA) is 63.7 Å². The van der Waals surface area contributed by atoms with Gasteiger partial charge in [-0.05, 0) is 48.4 Å². The number of hydrogen-bond acceptors (Lipinski definition) is 4. The van der Waals surface area contributed by atoms with Gasteiger partial charge in [-0.15, -0.1) is 0 Å². The van der Waals surface area contributed by atoms with Gasteiger partial charge in [0.25, 0.3) is 0 Å². The summed E-state index contributed by atoms with van der Waals surface area (Å²) in [6, 6.07) is 24.3. The summed E-state index contributed by atoms with van der Waals surface area (Å²) in [5.41, 5.74) is 3.09. The molecule has 2 aliphatic rings. The highest BCUT2D eigenvalue weighted by Gasteiger charge is 2.50. The van der Waals surface area contributed by atoms with Gasteiger partial charge in [-0.3, -0.25) is 14.4 Å². The molecule has 2 fully saturated rings. The molecule has 1 saturated carbocycles. The molecular weight excluding hydrogens is 426 g/mol. The van der Waals surface area contributed by atoms with E-state index in [1.807, 2.05) is 42.5 Å². The van der Waals surface area contributed by atoms with Gasteiger partial charge in [-0.25, -0.2) is 4.90 Å². The number of amides is 2. The number of nitrogens with zero attached hydrogens (tertiary/aromatic N) is 1. The van der Waals surface area contributed by atoms with E-state index in [0.717, 1.165) is 30.4 Å². The summed E-state index contributed by atoms with van der Waals surface area (Å²) in [6.07, 6.45) is 2.45. The largest absolute Gasteiger partial charge is 0.483 e. The fraction of sp³-hybridized carbons (Fsp3) is 0.276. The van der Waals surface area contributed by atoms with Crippen LogP contribution in [0.25, 0.3) is 11.1 Å². The predicted octanol–water partition coefficient (Wildman–Crippen LogP) is 5.54. The molecule has 3 aromatic carbocycles. The molecule has 0 N–H and O–H groups in total. The van der Waals surface area contributed by atoms with Gasteiger partial charge in [-0.2, -0.15) is 0 Å². The Morgan fingerprint density at radius 3 is 2.24 bits per heavy atom. The third-order valence-corrected chi connectivity index (χ3v) is 6.97. The molecule has 1 heterocycles. The van der Waals surface area contributed by atoms with E-state index in [9.17, 15) is 14.4 Å². The standard InChI is InChI=1S/C29H27NO4/c1-19-11-16-23-24(17-19)29(33)30(28(23)32)25-9-5-6-10-27(25)34-18-26(31)22-14-12-21(13-15-22)20-7-3-2-4-8-20/h2-10,12-15,19,23-24H,11,16-18H2,1H3/t19-,23-,24-/m1/s1. The minimum absolute atomic E-state index is 0.152. The maximum absolute atomic E-state index is 13.1. The predicted molar refractivity (Wildman–Crippen MR) is 131 cm³/mol. The summed E-state index contributed by atoms with van der Waals surface area (Å²) in [6.45, 7) is 1.95. The Kier molecular flexibility index (Phi) is 6.01. The lowest BCUT2D eigenvalue weighted by atomic mass is 9.76. The smallest absolute Gasteiger partial charge is 0.237 e. The van der Waals surface area contributed by atoms with E-state index in [1.54, 1.807) is 36.4 Å². The van der Waals surface area contributed by atoms with Gasteiger partial charge in [0.15, 0.2) is 12.4 Å². The molecule has 5 heteroatoms. The van der Waals surface area contributed by atoms with E-state index < -0.39 is 0 Å². The normalized spacial score (nSPS) is 21.9. The molecule has 3 aromatic rings. The second-order valence-corrected chi connectivity index (χ2v) is 9.27. The fourth-order valence-corrected chi connectivity index (χ4v) is 5.10. The fourth-order valence-electron chi connectivity index (χ4n) is 5.10. The zero-order valence-corrected chi connectivity index (χ0v) is 19.1. The average molecular weight is 454 g/mol. The van der Waals surface area contributed by atoms with Crippen LogP contribution in [0, 0.1) is 17.8 Å².